The van der Waals surface area contributed by atoms with Crippen molar-refractivity contribution < 1.29 is 13.2 Å². The van der Waals surface area contributed by atoms with Crippen LogP contribution in [0.1, 0.15) is 46.6 Å². The number of halogens is 3. The van der Waals surface area contributed by atoms with Gasteiger partial charge in [0, 0.05) is 23.7 Å². The average Bonchev–Trinajstić information content (AvgIpc) is 2.18. The number of benzene rings is 1. The van der Waals surface area contributed by atoms with Crippen molar-refractivity contribution in [2.24, 2.45) is 5.41 Å². The first-order valence-corrected chi connectivity index (χ1v) is 6.39. The van der Waals surface area contributed by atoms with Gasteiger partial charge in [-0.1, -0.05) is 20.8 Å². The molecule has 1 nitrogen and oxygen atoms in total. The molecular weight excluding hydrogens is 251 g/mol. The van der Waals surface area contributed by atoms with Gasteiger partial charge in [0.15, 0.2) is 11.6 Å². The monoisotopic (exact) mass is 273 g/mol. The number of rotatable bonds is 4. The molecule has 0 heterocycles. The summed E-state index contributed by atoms with van der Waals surface area (Å²) >= 11 is 0. The molecule has 0 bridgehead atoms. The second-order valence-corrected chi connectivity index (χ2v) is 6.83. The maximum absolute atomic E-state index is 13.5. The van der Waals surface area contributed by atoms with Crippen LogP contribution < -0.4 is 5.32 Å². The van der Waals surface area contributed by atoms with E-state index in [9.17, 15) is 13.2 Å². The second-order valence-electron chi connectivity index (χ2n) is 6.83. The highest BCUT2D eigenvalue weighted by molar-refractivity contribution is 5.20. The third-order valence-corrected chi connectivity index (χ3v) is 2.82. The van der Waals surface area contributed by atoms with Gasteiger partial charge in [-0.15, -0.1) is 0 Å². The van der Waals surface area contributed by atoms with Crippen LogP contribution in [0.2, 0.25) is 0 Å². The van der Waals surface area contributed by atoms with Crippen LogP contribution in [0, 0.1) is 22.9 Å². The number of hydrogen-bond acceptors (Lipinski definition) is 1. The Labute approximate surface area is 113 Å². The second kappa shape index (κ2) is 5.53. The van der Waals surface area contributed by atoms with E-state index >= 15 is 0 Å². The summed E-state index contributed by atoms with van der Waals surface area (Å²) in [4.78, 5) is 0. The molecule has 0 saturated carbocycles. The summed E-state index contributed by atoms with van der Waals surface area (Å²) in [6, 6.07) is 1.49. The van der Waals surface area contributed by atoms with E-state index in [1.807, 2.05) is 13.8 Å². The Morgan fingerprint density at radius 2 is 1.42 bits per heavy atom. The first kappa shape index (κ1) is 16.0. The molecule has 1 aromatic rings. The van der Waals surface area contributed by atoms with Crippen molar-refractivity contribution in [1.29, 1.82) is 0 Å². The summed E-state index contributed by atoms with van der Waals surface area (Å²) in [5, 5.41) is 3.19. The molecule has 0 radical (unpaired) electrons. The molecule has 0 unspecified atom stereocenters. The number of nitrogens with one attached hydrogen (secondary N) is 1. The SMILES string of the molecule is CC(C)(C)CC(C)(C)NCc1cc(F)c(F)cc1F. The van der Waals surface area contributed by atoms with Crippen LogP contribution in [0.5, 0.6) is 0 Å². The molecule has 1 N–H and O–H groups in total. The molecular formula is C15H22F3N. The van der Waals surface area contributed by atoms with E-state index in [0.29, 0.717) is 6.07 Å². The first-order valence-electron chi connectivity index (χ1n) is 6.39. The van der Waals surface area contributed by atoms with Crippen molar-refractivity contribution in [3.8, 4) is 0 Å². The molecule has 0 aliphatic rings. The fourth-order valence-electron chi connectivity index (χ4n) is 2.42. The van der Waals surface area contributed by atoms with Crippen LogP contribution in [0.4, 0.5) is 13.2 Å². The Bertz CT molecular complexity index is 447. The maximum Gasteiger partial charge on any atom is 0.161 e. The van der Waals surface area contributed by atoms with Gasteiger partial charge in [-0.2, -0.15) is 0 Å². The Morgan fingerprint density at radius 3 is 1.95 bits per heavy atom. The normalized spacial score (nSPS) is 12.8. The Balaban J connectivity index is 2.74. The van der Waals surface area contributed by atoms with Crippen LogP contribution in [-0.4, -0.2) is 5.54 Å². The van der Waals surface area contributed by atoms with Crippen LogP contribution in [0.25, 0.3) is 0 Å². The maximum atomic E-state index is 13.5. The van der Waals surface area contributed by atoms with Crippen molar-refractivity contribution in [2.75, 3.05) is 0 Å². The molecule has 0 aromatic heterocycles. The van der Waals surface area contributed by atoms with Crippen LogP contribution in [0.3, 0.4) is 0 Å². The van der Waals surface area contributed by atoms with E-state index in [1.54, 1.807) is 0 Å². The van der Waals surface area contributed by atoms with E-state index in [0.717, 1.165) is 12.5 Å². The van der Waals surface area contributed by atoms with E-state index < -0.39 is 17.5 Å². The summed E-state index contributed by atoms with van der Waals surface area (Å²) < 4.78 is 39.4. The lowest BCUT2D eigenvalue weighted by Gasteiger charge is -2.33. The molecule has 4 heteroatoms. The van der Waals surface area contributed by atoms with Crippen molar-refractivity contribution in [1.82, 2.24) is 5.32 Å². The highest BCUT2D eigenvalue weighted by Crippen LogP contribution is 2.27. The highest BCUT2D eigenvalue weighted by atomic mass is 19.2. The summed E-state index contributed by atoms with van der Waals surface area (Å²) in [5.74, 6) is -2.90. The van der Waals surface area contributed by atoms with Gasteiger partial charge in [-0.3, -0.25) is 0 Å². The van der Waals surface area contributed by atoms with Gasteiger partial charge in [0.05, 0.1) is 0 Å². The molecule has 0 saturated heterocycles. The van der Waals surface area contributed by atoms with E-state index in [-0.39, 0.29) is 23.1 Å². The van der Waals surface area contributed by atoms with Crippen LogP contribution >= 0.6 is 0 Å². The summed E-state index contributed by atoms with van der Waals surface area (Å²) in [5.41, 5.74) is 0.0550. The van der Waals surface area contributed by atoms with Gasteiger partial charge in [-0.05, 0) is 31.7 Å². The van der Waals surface area contributed by atoms with Gasteiger partial charge < -0.3 is 5.32 Å². The van der Waals surface area contributed by atoms with Crippen molar-refractivity contribution in [3.05, 3.63) is 35.1 Å². The van der Waals surface area contributed by atoms with E-state index in [1.165, 1.54) is 0 Å². The Morgan fingerprint density at radius 1 is 0.895 bits per heavy atom. The smallest absolute Gasteiger partial charge is 0.161 e. The fourth-order valence-corrected chi connectivity index (χ4v) is 2.42. The van der Waals surface area contributed by atoms with Gasteiger partial charge >= 0.3 is 0 Å². The highest BCUT2D eigenvalue weighted by Gasteiger charge is 2.25. The van der Waals surface area contributed by atoms with E-state index in [4.69, 9.17) is 0 Å². The van der Waals surface area contributed by atoms with Crippen LogP contribution in [0.15, 0.2) is 12.1 Å². The predicted molar refractivity (Wildman–Crippen MR) is 71.3 cm³/mol. The van der Waals surface area contributed by atoms with Gasteiger partial charge in [0.1, 0.15) is 5.82 Å². The zero-order valence-electron chi connectivity index (χ0n) is 12.2. The lowest BCUT2D eigenvalue weighted by Crippen LogP contribution is -2.42. The Kier molecular flexibility index (Phi) is 4.67. The standard InChI is InChI=1S/C15H22F3N/c1-14(2,3)9-15(4,5)19-8-10-6-12(17)13(18)7-11(10)16/h6-7,19H,8-9H2,1-5H3. The summed E-state index contributed by atoms with van der Waals surface area (Å²) in [6.45, 7) is 10.6. The molecule has 1 aromatic carbocycles. The molecule has 0 aliphatic heterocycles. The average molecular weight is 273 g/mol. The lowest BCUT2D eigenvalue weighted by atomic mass is 9.82. The largest absolute Gasteiger partial charge is 0.308 e. The van der Waals surface area contributed by atoms with E-state index in [2.05, 4.69) is 26.1 Å². The minimum absolute atomic E-state index is 0.128. The minimum Gasteiger partial charge on any atom is -0.308 e. The van der Waals surface area contributed by atoms with Crippen molar-refractivity contribution in [3.63, 3.8) is 0 Å². The Hall–Kier alpha value is -1.03. The molecule has 0 spiro atoms. The summed E-state index contributed by atoms with van der Waals surface area (Å²) in [6.07, 6.45) is 0.880. The molecule has 19 heavy (non-hydrogen) atoms. The van der Waals surface area contributed by atoms with Gasteiger partial charge in [0.2, 0.25) is 0 Å². The molecule has 0 amide bonds. The summed E-state index contributed by atoms with van der Waals surface area (Å²) in [7, 11) is 0. The molecule has 0 fully saturated rings. The first-order chi connectivity index (χ1) is 8.50. The zero-order chi connectivity index (χ0) is 14.8. The minimum atomic E-state index is -1.16. The molecule has 0 atom stereocenters. The zero-order valence-corrected chi connectivity index (χ0v) is 12.2. The number of hydrogen-bond donors (Lipinski definition) is 1. The van der Waals surface area contributed by atoms with Gasteiger partial charge in [-0.25, -0.2) is 13.2 Å². The topological polar surface area (TPSA) is 12.0 Å². The quantitative estimate of drug-likeness (QED) is 0.801. The molecule has 108 valence electrons. The predicted octanol–water partition coefficient (Wildman–Crippen LogP) is 4.41. The third-order valence-electron chi connectivity index (χ3n) is 2.82. The van der Waals surface area contributed by atoms with Crippen molar-refractivity contribution >= 4 is 0 Å². The van der Waals surface area contributed by atoms with Gasteiger partial charge in [0.25, 0.3) is 0 Å². The molecule has 1 rings (SSSR count). The lowest BCUT2D eigenvalue weighted by molar-refractivity contribution is 0.240. The molecule has 0 aliphatic carbocycles. The third kappa shape index (κ3) is 5.23. The fraction of sp³-hybridized carbons (Fsp3) is 0.600. The van der Waals surface area contributed by atoms with Crippen LogP contribution in [-0.2, 0) is 6.54 Å². The van der Waals surface area contributed by atoms with Crippen molar-refractivity contribution in [2.45, 2.75) is 53.1 Å².